The Morgan fingerprint density at radius 3 is 2.19 bits per heavy atom. The number of likely N-dealkylation sites (N-methyl/N-ethyl adjacent to an activating group) is 1. The van der Waals surface area contributed by atoms with E-state index in [-0.39, 0.29) is 17.3 Å². The molecule has 0 saturated carbocycles. The number of sulfonamides is 1. The molecule has 8 heteroatoms. The predicted molar refractivity (Wildman–Crippen MR) is 111 cm³/mol. The highest BCUT2D eigenvalue weighted by molar-refractivity contribution is 7.88. The van der Waals surface area contributed by atoms with Crippen molar-refractivity contribution in [2.45, 2.75) is 26.5 Å². The zero-order valence-electron chi connectivity index (χ0n) is 15.6. The Morgan fingerprint density at radius 2 is 1.63 bits per heavy atom. The molecule has 0 aliphatic heterocycles. The smallest absolute Gasteiger partial charge is 0.239 e. The van der Waals surface area contributed by atoms with Crippen molar-refractivity contribution >= 4 is 44.8 Å². The fraction of sp³-hybridized carbons (Fsp3) is 0.316. The van der Waals surface area contributed by atoms with Crippen LogP contribution in [-0.4, -0.2) is 32.2 Å². The molecule has 1 amide bonds. The molecule has 0 radical (unpaired) electrons. The molecule has 1 N–H and O–H groups in total. The number of amides is 1. The molecule has 0 spiro atoms. The molecule has 146 valence electrons. The van der Waals surface area contributed by atoms with Gasteiger partial charge in [0.15, 0.2) is 0 Å². The minimum Gasteiger partial charge on any atom is -0.324 e. The van der Waals surface area contributed by atoms with E-state index in [0.29, 0.717) is 16.3 Å². The Bertz CT molecular complexity index is 952. The number of anilines is 1. The first kappa shape index (κ1) is 21.7. The molecule has 0 bridgehead atoms. The first-order valence-electron chi connectivity index (χ1n) is 8.25. The van der Waals surface area contributed by atoms with Gasteiger partial charge in [-0.25, -0.2) is 8.42 Å². The third kappa shape index (κ3) is 5.69. The van der Waals surface area contributed by atoms with Gasteiger partial charge in [0.1, 0.15) is 0 Å². The van der Waals surface area contributed by atoms with Crippen LogP contribution in [0.4, 0.5) is 5.69 Å². The van der Waals surface area contributed by atoms with Gasteiger partial charge in [0.25, 0.3) is 0 Å². The van der Waals surface area contributed by atoms with Crippen molar-refractivity contribution in [2.75, 3.05) is 18.9 Å². The van der Waals surface area contributed by atoms with E-state index in [1.165, 1.54) is 13.1 Å². The van der Waals surface area contributed by atoms with Crippen LogP contribution in [0.3, 0.4) is 0 Å². The molecule has 27 heavy (non-hydrogen) atoms. The number of hydrogen-bond donors (Lipinski definition) is 1. The summed E-state index contributed by atoms with van der Waals surface area (Å²) in [5.41, 5.74) is 4.18. The van der Waals surface area contributed by atoms with Crippen molar-refractivity contribution in [1.82, 2.24) is 4.31 Å². The van der Waals surface area contributed by atoms with Gasteiger partial charge in [0, 0.05) is 12.7 Å². The lowest BCUT2D eigenvalue weighted by Crippen LogP contribution is -2.35. The number of carbonyl (C=O) groups is 1. The lowest BCUT2D eigenvalue weighted by atomic mass is 10.1. The summed E-state index contributed by atoms with van der Waals surface area (Å²) < 4.78 is 26.1. The molecule has 0 aromatic heterocycles. The van der Waals surface area contributed by atoms with E-state index in [1.807, 2.05) is 32.9 Å². The SMILES string of the molecule is Cc1cc(C)c(NC(=O)CN(C)S(=O)(=O)Cc2ccc(Cl)c(Cl)c2)c(C)c1. The molecular weight excluding hydrogens is 407 g/mol. The van der Waals surface area contributed by atoms with Crippen molar-refractivity contribution in [3.63, 3.8) is 0 Å². The number of benzene rings is 2. The summed E-state index contributed by atoms with van der Waals surface area (Å²) in [4.78, 5) is 12.4. The normalized spacial score (nSPS) is 11.7. The van der Waals surface area contributed by atoms with E-state index in [9.17, 15) is 13.2 Å². The van der Waals surface area contributed by atoms with Gasteiger partial charge in [0.05, 0.1) is 22.3 Å². The van der Waals surface area contributed by atoms with Crippen molar-refractivity contribution < 1.29 is 13.2 Å². The molecule has 0 aliphatic carbocycles. The monoisotopic (exact) mass is 428 g/mol. The number of carbonyl (C=O) groups excluding carboxylic acids is 1. The van der Waals surface area contributed by atoms with E-state index in [4.69, 9.17) is 23.2 Å². The fourth-order valence-corrected chi connectivity index (χ4v) is 4.26. The first-order chi connectivity index (χ1) is 12.5. The van der Waals surface area contributed by atoms with Crippen LogP contribution in [-0.2, 0) is 20.6 Å². The lowest BCUT2D eigenvalue weighted by Gasteiger charge is -2.18. The Hall–Kier alpha value is -1.60. The third-order valence-electron chi connectivity index (χ3n) is 4.12. The molecule has 0 heterocycles. The van der Waals surface area contributed by atoms with Gasteiger partial charge < -0.3 is 5.32 Å². The van der Waals surface area contributed by atoms with E-state index in [0.717, 1.165) is 21.0 Å². The van der Waals surface area contributed by atoms with E-state index in [2.05, 4.69) is 5.32 Å². The van der Waals surface area contributed by atoms with Gasteiger partial charge >= 0.3 is 0 Å². The van der Waals surface area contributed by atoms with Crippen molar-refractivity contribution in [3.8, 4) is 0 Å². The summed E-state index contributed by atoms with van der Waals surface area (Å²) in [6.45, 7) is 5.51. The highest BCUT2D eigenvalue weighted by Gasteiger charge is 2.22. The summed E-state index contributed by atoms with van der Waals surface area (Å²) in [5.74, 6) is -0.666. The molecule has 0 fully saturated rings. The maximum absolute atomic E-state index is 12.5. The van der Waals surface area contributed by atoms with Gasteiger partial charge in [-0.2, -0.15) is 4.31 Å². The molecule has 0 unspecified atom stereocenters. The maximum atomic E-state index is 12.5. The van der Waals surface area contributed by atoms with Crippen LogP contribution < -0.4 is 5.32 Å². The second-order valence-corrected chi connectivity index (χ2v) is 9.47. The number of nitrogens with zero attached hydrogens (tertiary/aromatic N) is 1. The number of aryl methyl sites for hydroxylation is 3. The zero-order valence-corrected chi connectivity index (χ0v) is 18.0. The number of nitrogens with one attached hydrogen (secondary N) is 1. The van der Waals surface area contributed by atoms with Crippen molar-refractivity contribution in [3.05, 3.63) is 62.6 Å². The standard InChI is InChI=1S/C19H22Cl2N2O3S/c1-12-7-13(2)19(14(3)8-12)22-18(24)10-23(4)27(25,26)11-15-5-6-16(20)17(21)9-15/h5-9H,10-11H2,1-4H3,(H,22,24). The lowest BCUT2D eigenvalue weighted by molar-refractivity contribution is -0.116. The molecular formula is C19H22Cl2N2O3S. The number of rotatable bonds is 6. The van der Waals surface area contributed by atoms with Gasteiger partial charge in [-0.1, -0.05) is 47.0 Å². The fourth-order valence-electron chi connectivity index (χ4n) is 2.81. The Balaban J connectivity index is 2.07. The Morgan fingerprint density at radius 1 is 1.04 bits per heavy atom. The largest absolute Gasteiger partial charge is 0.324 e. The summed E-state index contributed by atoms with van der Waals surface area (Å²) in [6, 6.07) is 8.58. The van der Waals surface area contributed by atoms with Crippen LogP contribution in [0.5, 0.6) is 0 Å². The van der Waals surface area contributed by atoms with Crippen LogP contribution >= 0.6 is 23.2 Å². The van der Waals surface area contributed by atoms with Crippen molar-refractivity contribution in [2.24, 2.45) is 0 Å². The van der Waals surface area contributed by atoms with Crippen LogP contribution in [0.25, 0.3) is 0 Å². The van der Waals surface area contributed by atoms with Crippen LogP contribution in [0.15, 0.2) is 30.3 Å². The minimum atomic E-state index is -3.69. The number of hydrogen-bond acceptors (Lipinski definition) is 3. The predicted octanol–water partition coefficient (Wildman–Crippen LogP) is 4.32. The molecule has 0 saturated heterocycles. The van der Waals surface area contributed by atoms with E-state index in [1.54, 1.807) is 12.1 Å². The summed E-state index contributed by atoms with van der Waals surface area (Å²) in [5, 5.41) is 3.45. The van der Waals surface area contributed by atoms with Gasteiger partial charge in [-0.05, 0) is 49.6 Å². The average molecular weight is 429 g/mol. The van der Waals surface area contributed by atoms with E-state index >= 15 is 0 Å². The zero-order chi connectivity index (χ0) is 20.4. The van der Waals surface area contributed by atoms with Gasteiger partial charge in [0.2, 0.25) is 15.9 Å². The number of halogens is 2. The first-order valence-corrected chi connectivity index (χ1v) is 10.6. The second-order valence-electron chi connectivity index (χ2n) is 6.58. The molecule has 2 aromatic carbocycles. The molecule has 0 aliphatic rings. The van der Waals surface area contributed by atoms with Gasteiger partial charge in [-0.15, -0.1) is 0 Å². The molecule has 0 atom stereocenters. The van der Waals surface area contributed by atoms with Crippen LogP contribution in [0.1, 0.15) is 22.3 Å². The summed E-state index contributed by atoms with van der Waals surface area (Å²) in [6.07, 6.45) is 0. The van der Waals surface area contributed by atoms with Crippen LogP contribution in [0, 0.1) is 20.8 Å². The Labute approximate surface area is 170 Å². The molecule has 2 aromatic rings. The molecule has 2 rings (SSSR count). The highest BCUT2D eigenvalue weighted by Crippen LogP contribution is 2.24. The van der Waals surface area contributed by atoms with Crippen LogP contribution in [0.2, 0.25) is 10.0 Å². The molecule has 5 nitrogen and oxygen atoms in total. The summed E-state index contributed by atoms with van der Waals surface area (Å²) in [7, 11) is -2.31. The third-order valence-corrected chi connectivity index (χ3v) is 6.63. The highest BCUT2D eigenvalue weighted by atomic mass is 35.5. The van der Waals surface area contributed by atoms with E-state index < -0.39 is 15.9 Å². The van der Waals surface area contributed by atoms with Gasteiger partial charge in [-0.3, -0.25) is 4.79 Å². The minimum absolute atomic E-state index is 0.268. The Kier molecular flexibility index (Phi) is 6.92. The quantitative estimate of drug-likeness (QED) is 0.744. The second kappa shape index (κ2) is 8.61. The topological polar surface area (TPSA) is 66.5 Å². The average Bonchev–Trinajstić information content (AvgIpc) is 2.54. The maximum Gasteiger partial charge on any atom is 0.239 e. The summed E-state index contributed by atoms with van der Waals surface area (Å²) >= 11 is 11.8. The van der Waals surface area contributed by atoms with Crippen molar-refractivity contribution in [1.29, 1.82) is 0 Å².